The number of esters is 1. The third kappa shape index (κ3) is 5.08. The summed E-state index contributed by atoms with van der Waals surface area (Å²) in [6.45, 7) is -0.144. The van der Waals surface area contributed by atoms with Crippen molar-refractivity contribution in [3.8, 4) is 11.8 Å². The summed E-state index contributed by atoms with van der Waals surface area (Å²) in [7, 11) is 0. The molecule has 0 spiro atoms. The molecule has 0 heterocycles. The van der Waals surface area contributed by atoms with Gasteiger partial charge in [0.1, 0.15) is 11.3 Å². The first-order valence-electron chi connectivity index (χ1n) is 5.69. The van der Waals surface area contributed by atoms with Gasteiger partial charge >= 0.3 is 5.97 Å². The van der Waals surface area contributed by atoms with Crippen LogP contribution in [-0.2, 0) is 9.53 Å². The third-order valence-corrected chi connectivity index (χ3v) is 2.14. The van der Waals surface area contributed by atoms with Crippen LogP contribution in [0.3, 0.4) is 0 Å². The molecule has 6 nitrogen and oxygen atoms in total. The standard InChI is InChI=1S/C13H14N2O4/c14-7-3-4-8-18-13(17)10-5-1-2-6-11(10)19-9-12(15)16/h1-2,5-6H,3-4,8-9H2,(H2,15,16). The lowest BCUT2D eigenvalue weighted by atomic mass is 10.2. The van der Waals surface area contributed by atoms with Gasteiger partial charge in [0.25, 0.3) is 5.91 Å². The molecule has 0 aromatic heterocycles. The maximum absolute atomic E-state index is 11.8. The number of ether oxygens (including phenoxy) is 2. The SMILES string of the molecule is N#CCCCOC(=O)c1ccccc1OCC(N)=O. The Balaban J connectivity index is 2.63. The molecule has 2 N–H and O–H groups in total. The van der Waals surface area contributed by atoms with Gasteiger partial charge in [-0.3, -0.25) is 4.79 Å². The molecule has 0 aliphatic rings. The van der Waals surface area contributed by atoms with Crippen molar-refractivity contribution in [1.82, 2.24) is 0 Å². The molecule has 1 aromatic rings. The minimum atomic E-state index is -0.628. The highest BCUT2D eigenvalue weighted by molar-refractivity contribution is 5.92. The largest absolute Gasteiger partial charge is 0.483 e. The third-order valence-electron chi connectivity index (χ3n) is 2.14. The molecular formula is C13H14N2O4. The van der Waals surface area contributed by atoms with Crippen molar-refractivity contribution in [3.05, 3.63) is 29.8 Å². The fraction of sp³-hybridized carbons (Fsp3) is 0.308. The predicted octanol–water partition coefficient (Wildman–Crippen LogP) is 1.01. The van der Waals surface area contributed by atoms with Gasteiger partial charge in [-0.05, 0) is 18.6 Å². The molecule has 0 saturated heterocycles. The number of carbonyl (C=O) groups is 2. The van der Waals surface area contributed by atoms with E-state index in [1.165, 1.54) is 6.07 Å². The number of nitriles is 1. The van der Waals surface area contributed by atoms with E-state index in [0.717, 1.165) is 0 Å². The lowest BCUT2D eigenvalue weighted by Gasteiger charge is -2.09. The van der Waals surface area contributed by atoms with E-state index in [-0.39, 0.29) is 24.5 Å². The highest BCUT2D eigenvalue weighted by atomic mass is 16.5. The van der Waals surface area contributed by atoms with Crippen LogP contribution in [0.5, 0.6) is 5.75 Å². The molecule has 1 aromatic carbocycles. The summed E-state index contributed by atoms with van der Waals surface area (Å²) < 4.78 is 10.1. The smallest absolute Gasteiger partial charge is 0.341 e. The number of hydrogen-bond acceptors (Lipinski definition) is 5. The van der Waals surface area contributed by atoms with Crippen LogP contribution in [0.15, 0.2) is 24.3 Å². The van der Waals surface area contributed by atoms with Crippen molar-refractivity contribution < 1.29 is 19.1 Å². The van der Waals surface area contributed by atoms with Gasteiger partial charge in [0.05, 0.1) is 12.7 Å². The van der Waals surface area contributed by atoms with E-state index < -0.39 is 11.9 Å². The van der Waals surface area contributed by atoms with Crippen LogP contribution in [0, 0.1) is 11.3 Å². The molecule has 6 heteroatoms. The molecule has 0 bridgehead atoms. The van der Waals surface area contributed by atoms with E-state index in [2.05, 4.69) is 0 Å². The number of nitrogens with two attached hydrogens (primary N) is 1. The lowest BCUT2D eigenvalue weighted by molar-refractivity contribution is -0.119. The summed E-state index contributed by atoms with van der Waals surface area (Å²) in [4.78, 5) is 22.4. The number of nitrogens with zero attached hydrogens (tertiary/aromatic N) is 1. The second kappa shape index (κ2) is 7.71. The van der Waals surface area contributed by atoms with E-state index in [1.54, 1.807) is 18.2 Å². The average Bonchev–Trinajstić information content (AvgIpc) is 2.41. The Hall–Kier alpha value is -2.55. The number of benzene rings is 1. The van der Waals surface area contributed by atoms with Crippen LogP contribution in [0.25, 0.3) is 0 Å². The molecule has 0 unspecified atom stereocenters. The molecule has 1 amide bonds. The molecule has 100 valence electrons. The Morgan fingerprint density at radius 1 is 1.32 bits per heavy atom. The Morgan fingerprint density at radius 2 is 2.05 bits per heavy atom. The van der Waals surface area contributed by atoms with Crippen molar-refractivity contribution in [2.24, 2.45) is 5.73 Å². The van der Waals surface area contributed by atoms with Crippen LogP contribution >= 0.6 is 0 Å². The van der Waals surface area contributed by atoms with Crippen molar-refractivity contribution in [2.45, 2.75) is 12.8 Å². The van der Waals surface area contributed by atoms with Crippen LogP contribution in [-0.4, -0.2) is 25.1 Å². The number of unbranched alkanes of at least 4 members (excludes halogenated alkanes) is 1. The lowest BCUT2D eigenvalue weighted by Crippen LogP contribution is -2.21. The van der Waals surface area contributed by atoms with Crippen molar-refractivity contribution >= 4 is 11.9 Å². The van der Waals surface area contributed by atoms with Gasteiger partial charge in [0, 0.05) is 6.42 Å². The first kappa shape index (κ1) is 14.5. The minimum absolute atomic E-state index is 0.163. The molecule has 0 radical (unpaired) electrons. The first-order chi connectivity index (χ1) is 9.15. The van der Waals surface area contributed by atoms with Gasteiger partial charge in [-0.2, -0.15) is 5.26 Å². The predicted molar refractivity (Wildman–Crippen MR) is 66.3 cm³/mol. The number of rotatable bonds is 7. The molecular weight excluding hydrogens is 248 g/mol. The van der Waals surface area contributed by atoms with Gasteiger partial charge < -0.3 is 15.2 Å². The quantitative estimate of drug-likeness (QED) is 0.583. The van der Waals surface area contributed by atoms with Gasteiger partial charge in [-0.15, -0.1) is 0 Å². The highest BCUT2D eigenvalue weighted by Crippen LogP contribution is 2.18. The summed E-state index contributed by atoms with van der Waals surface area (Å²) in [5.74, 6) is -0.943. The molecule has 1 rings (SSSR count). The number of amides is 1. The maximum atomic E-state index is 11.8. The van der Waals surface area contributed by atoms with E-state index >= 15 is 0 Å². The van der Waals surface area contributed by atoms with Gasteiger partial charge in [-0.25, -0.2) is 4.79 Å². The van der Waals surface area contributed by atoms with Gasteiger partial charge in [0.2, 0.25) is 0 Å². The van der Waals surface area contributed by atoms with Gasteiger partial charge in [-0.1, -0.05) is 12.1 Å². The maximum Gasteiger partial charge on any atom is 0.341 e. The zero-order valence-corrected chi connectivity index (χ0v) is 10.3. The number of primary amides is 1. The van der Waals surface area contributed by atoms with Crippen LogP contribution in [0.4, 0.5) is 0 Å². The minimum Gasteiger partial charge on any atom is -0.483 e. The number of hydrogen-bond donors (Lipinski definition) is 1. The normalized spacial score (nSPS) is 9.42. The molecule has 0 aliphatic heterocycles. The first-order valence-corrected chi connectivity index (χ1v) is 5.69. The average molecular weight is 262 g/mol. The van der Waals surface area contributed by atoms with E-state index in [9.17, 15) is 9.59 Å². The Morgan fingerprint density at radius 3 is 2.74 bits per heavy atom. The van der Waals surface area contributed by atoms with Crippen LogP contribution < -0.4 is 10.5 Å². The zero-order chi connectivity index (χ0) is 14.1. The molecule has 0 saturated carbocycles. The number of carbonyl (C=O) groups excluding carboxylic acids is 2. The zero-order valence-electron chi connectivity index (χ0n) is 10.3. The highest BCUT2D eigenvalue weighted by Gasteiger charge is 2.13. The van der Waals surface area contributed by atoms with E-state index in [1.807, 2.05) is 6.07 Å². The van der Waals surface area contributed by atoms with Crippen LogP contribution in [0.1, 0.15) is 23.2 Å². The Kier molecular flexibility index (Phi) is 5.89. The van der Waals surface area contributed by atoms with Gasteiger partial charge in [0.15, 0.2) is 6.61 Å². The Bertz CT molecular complexity index is 494. The Labute approximate surface area is 110 Å². The molecule has 0 fully saturated rings. The second-order valence-electron chi connectivity index (χ2n) is 3.65. The number of para-hydroxylation sites is 1. The van der Waals surface area contributed by atoms with Crippen LogP contribution in [0.2, 0.25) is 0 Å². The molecule has 19 heavy (non-hydrogen) atoms. The summed E-state index contributed by atoms with van der Waals surface area (Å²) in [6.07, 6.45) is 0.805. The van der Waals surface area contributed by atoms with E-state index in [4.69, 9.17) is 20.5 Å². The summed E-state index contributed by atoms with van der Waals surface area (Å²) in [5, 5.41) is 8.36. The summed E-state index contributed by atoms with van der Waals surface area (Å²) in [5.41, 5.74) is 5.19. The second-order valence-corrected chi connectivity index (χ2v) is 3.65. The van der Waals surface area contributed by atoms with Crippen molar-refractivity contribution in [1.29, 1.82) is 5.26 Å². The topological polar surface area (TPSA) is 102 Å². The molecule has 0 aliphatic carbocycles. The fourth-order valence-corrected chi connectivity index (χ4v) is 1.30. The van der Waals surface area contributed by atoms with Crippen molar-refractivity contribution in [3.63, 3.8) is 0 Å². The fourth-order valence-electron chi connectivity index (χ4n) is 1.30. The monoisotopic (exact) mass is 262 g/mol. The molecule has 0 atom stereocenters. The van der Waals surface area contributed by atoms with E-state index in [0.29, 0.717) is 12.8 Å². The van der Waals surface area contributed by atoms with Crippen molar-refractivity contribution in [2.75, 3.05) is 13.2 Å². The summed E-state index contributed by atoms with van der Waals surface area (Å²) in [6, 6.07) is 8.36. The summed E-state index contributed by atoms with van der Waals surface area (Å²) >= 11 is 0.